The number of nitrogens with one attached hydrogen (secondary N) is 2. The molecule has 0 saturated carbocycles. The van der Waals surface area contributed by atoms with E-state index in [1.807, 2.05) is 12.1 Å². The van der Waals surface area contributed by atoms with Gasteiger partial charge in [0.2, 0.25) is 0 Å². The summed E-state index contributed by atoms with van der Waals surface area (Å²) < 4.78 is 4.16. The third-order valence-electron chi connectivity index (χ3n) is 24.7. The second kappa shape index (κ2) is 37.8. The summed E-state index contributed by atoms with van der Waals surface area (Å²) in [5.74, 6) is 0. The lowest BCUT2D eigenvalue weighted by molar-refractivity contribution is 0.590. The Bertz CT molecular complexity index is 5870. The van der Waals surface area contributed by atoms with E-state index in [1.54, 1.807) is 0 Å². The molecule has 1 aliphatic heterocycles. The molecule has 12 heteroatoms. The lowest BCUT2D eigenvalue weighted by atomic mass is 9.86. The molecule has 660 valence electrons. The topological polar surface area (TPSA) is 30.5 Å². The molecule has 0 unspecified atom stereocenters. The predicted octanol–water partition coefficient (Wildman–Crippen LogP) is 31.3. The Labute approximate surface area is 811 Å². The zero-order valence-corrected chi connectivity index (χ0v) is 89.0. The number of halogens is 6. The molecule has 0 saturated heterocycles. The second-order valence-corrected chi connectivity index (χ2v) is 54.6. The van der Waals surface area contributed by atoms with Gasteiger partial charge >= 0.3 is 0 Å². The van der Waals surface area contributed by atoms with Crippen LogP contribution in [0.25, 0.3) is 0 Å². The fourth-order valence-electron chi connectivity index (χ4n) is 17.2. The van der Waals surface area contributed by atoms with Gasteiger partial charge in [-0.1, -0.05) is 415 Å². The number of fused-ring (bicyclic) bond motifs is 6. The van der Waals surface area contributed by atoms with Crippen LogP contribution in [0.3, 0.4) is 0 Å². The number of benzene rings is 14. The Hall–Kier alpha value is -8.79. The fraction of sp³-hybridized carbons (Fsp3) is 0.276. The first-order valence-electron chi connectivity index (χ1n) is 44.6. The molecule has 0 fully saturated rings. The highest BCUT2D eigenvalue weighted by atomic mass is 79.9. The van der Waals surface area contributed by atoms with Gasteiger partial charge in [-0.25, -0.2) is 0 Å². The lowest BCUT2D eigenvalue weighted by Gasteiger charge is -2.40. The molecule has 15 rings (SSSR count). The average molecular weight is 2020 g/mol. The first kappa shape index (κ1) is 96.8. The third kappa shape index (κ3) is 21.5. The minimum Gasteiger partial charge on any atom is -0.354 e. The van der Waals surface area contributed by atoms with Gasteiger partial charge in [-0.05, 0) is 283 Å². The molecule has 0 spiro atoms. The highest BCUT2D eigenvalue weighted by Crippen LogP contribution is 2.51. The van der Waals surface area contributed by atoms with Crippen molar-refractivity contribution < 1.29 is 0 Å². The van der Waals surface area contributed by atoms with Gasteiger partial charge in [-0.2, -0.15) is 0 Å². The summed E-state index contributed by atoms with van der Waals surface area (Å²) in [5, 5.41) is 19.2. The molecular weight excluding hydrogens is 1900 g/mol. The Morgan fingerprint density at radius 2 is 0.516 bits per heavy atom. The standard InChI is InChI=1S/C58H62BrClN2Si.C32H34Br2Si.C26H30BrClN2/c1-55(2,3)39-23-27-44(28-24-39)61-46-31-41(57(7,8)9)33-50(37-46)63(48-19-15-13-16-20-48,49-21-17-14-18-22-49)51-34-42(58(10,11)12)32-47(38-51)62(53-36-43(60)35-52(61)54(53)59)45-29-25-40(26-30-45)56(4,5)6;1-31(2,3)23-17-25(33)21-29(19-23)35(27-13-9-7-10-14-27,28-15-11-8-12-16-28)30-20-24(32(4,5)6)18-26(34)22-30;1-25(2,3)17-7-11-20(12-8-17)29-22-15-19(28)16-23(24(22)27)30-21-13-9-18(10-14-21)26(4,5)6/h13-38H,1-12H3;7-22H,1-6H3;7-16,29-30H,1-6H3. The smallest absolute Gasteiger partial charge is 0.179 e. The largest absolute Gasteiger partial charge is 0.354 e. The molecule has 1 aliphatic rings. The molecule has 0 radical (unpaired) electrons. The SMILES string of the molecule is CC(C)(C)c1cc(Br)cc([Si](c2ccccc2)(c2ccccc2)c2cc(Br)cc(C(C)(C)C)c2)c1.CC(C)(C)c1ccc(N2c3cc(C(C)(C)C)cc(c3)[Si](c3ccccc3)(c3ccccc3)c3cc(cc(C(C)(C)C)c3)N(c3ccc(C(C)(C)C)cc3)c3cc(Cl)cc2c3Br)cc1.CC(C)(C)c1ccc(Nc2cc(Cl)cc(Nc3ccc(C(C)(C)C)cc3)c2Br)cc1. The summed E-state index contributed by atoms with van der Waals surface area (Å²) >= 11 is 29.7. The molecule has 1 heterocycles. The van der Waals surface area contributed by atoms with E-state index in [-0.39, 0.29) is 43.3 Å². The summed E-state index contributed by atoms with van der Waals surface area (Å²) in [6.07, 6.45) is 0. The molecule has 14 aromatic rings. The number of nitrogens with zero attached hydrogens (tertiary/aromatic N) is 2. The van der Waals surface area contributed by atoms with Crippen molar-refractivity contribution in [1.29, 1.82) is 0 Å². The van der Waals surface area contributed by atoms with Crippen LogP contribution >= 0.6 is 86.9 Å². The van der Waals surface area contributed by atoms with Crippen LogP contribution in [0.2, 0.25) is 10.0 Å². The summed E-state index contributed by atoms with van der Waals surface area (Å²) in [5.41, 5.74) is 20.6. The van der Waals surface area contributed by atoms with Crippen LogP contribution < -0.4 is 61.9 Å². The van der Waals surface area contributed by atoms with Crippen molar-refractivity contribution in [2.24, 2.45) is 0 Å². The van der Waals surface area contributed by atoms with Crippen molar-refractivity contribution in [3.05, 3.63) is 388 Å². The van der Waals surface area contributed by atoms with Gasteiger partial charge < -0.3 is 20.4 Å². The molecule has 128 heavy (non-hydrogen) atoms. The van der Waals surface area contributed by atoms with Crippen LogP contribution in [0.5, 0.6) is 0 Å². The highest BCUT2D eigenvalue weighted by molar-refractivity contribution is 9.11. The lowest BCUT2D eigenvalue weighted by Crippen LogP contribution is -2.75. The van der Waals surface area contributed by atoms with Crippen molar-refractivity contribution in [1.82, 2.24) is 0 Å². The number of hydrogen-bond donors (Lipinski definition) is 2. The normalized spacial score (nSPS) is 13.3. The minimum absolute atomic E-state index is 0.00174. The molecule has 0 aromatic heterocycles. The molecule has 2 N–H and O–H groups in total. The summed E-state index contributed by atoms with van der Waals surface area (Å²) in [4.78, 5) is 4.86. The maximum Gasteiger partial charge on any atom is 0.179 e. The minimum atomic E-state index is -3.14. The van der Waals surface area contributed by atoms with Crippen LogP contribution in [-0.2, 0) is 43.3 Å². The maximum atomic E-state index is 7.42. The first-order chi connectivity index (χ1) is 59.9. The van der Waals surface area contributed by atoms with E-state index in [9.17, 15) is 0 Å². The molecule has 14 aromatic carbocycles. The van der Waals surface area contributed by atoms with E-state index < -0.39 is 16.1 Å². The number of rotatable bonds is 12. The van der Waals surface area contributed by atoms with Gasteiger partial charge in [0.25, 0.3) is 0 Å². The van der Waals surface area contributed by atoms with Gasteiger partial charge in [0.15, 0.2) is 16.1 Å². The van der Waals surface area contributed by atoms with Crippen molar-refractivity contribution in [2.75, 3.05) is 20.4 Å². The van der Waals surface area contributed by atoms with Crippen LogP contribution in [0.1, 0.15) is 211 Å². The average Bonchev–Trinajstić information content (AvgIpc) is 0.719. The molecule has 4 nitrogen and oxygen atoms in total. The Morgan fingerprint density at radius 3 is 0.812 bits per heavy atom. The van der Waals surface area contributed by atoms with E-state index in [4.69, 9.17) is 23.2 Å². The van der Waals surface area contributed by atoms with Crippen LogP contribution in [0.4, 0.5) is 56.9 Å². The Kier molecular flexibility index (Phi) is 28.6. The Balaban J connectivity index is 0.000000181. The zero-order valence-electron chi connectivity index (χ0n) is 79.2. The van der Waals surface area contributed by atoms with Gasteiger partial charge in [0, 0.05) is 53.1 Å². The van der Waals surface area contributed by atoms with Crippen molar-refractivity contribution >= 4 is 201 Å². The zero-order chi connectivity index (χ0) is 92.8. The van der Waals surface area contributed by atoms with Crippen LogP contribution in [0.15, 0.2) is 333 Å². The van der Waals surface area contributed by atoms with Crippen molar-refractivity contribution in [3.63, 3.8) is 0 Å². The predicted molar refractivity (Wildman–Crippen MR) is 579 cm³/mol. The van der Waals surface area contributed by atoms with Crippen LogP contribution in [-0.4, -0.2) is 16.1 Å². The molecule has 0 amide bonds. The molecule has 0 atom stereocenters. The monoisotopic (exact) mass is 2020 g/mol. The van der Waals surface area contributed by atoms with Crippen molar-refractivity contribution in [3.8, 4) is 0 Å². The van der Waals surface area contributed by atoms with E-state index in [1.165, 1.54) is 86.0 Å². The second-order valence-electron chi connectivity index (χ2n) is 42.7. The summed E-state index contributed by atoms with van der Waals surface area (Å²) in [7, 11) is -5.78. The maximum absolute atomic E-state index is 7.42. The van der Waals surface area contributed by atoms with Gasteiger partial charge in [-0.3, -0.25) is 0 Å². The van der Waals surface area contributed by atoms with Crippen LogP contribution in [0, 0.1) is 0 Å². The van der Waals surface area contributed by atoms with Gasteiger partial charge in [0.05, 0.1) is 31.7 Å². The molecule has 0 aliphatic carbocycles. The third-order valence-corrected chi connectivity index (χ3v) is 37.2. The van der Waals surface area contributed by atoms with E-state index in [2.05, 4.69) is 554 Å². The quantitative estimate of drug-likeness (QED) is 0.0943. The number of hydrogen-bond acceptors (Lipinski definition) is 4. The summed E-state index contributed by atoms with van der Waals surface area (Å²) in [6.45, 7) is 54.7. The van der Waals surface area contributed by atoms with E-state index in [0.29, 0.717) is 10.0 Å². The van der Waals surface area contributed by atoms with Crippen molar-refractivity contribution in [2.45, 2.75) is 209 Å². The molecule has 6 bridgehead atoms. The highest BCUT2D eigenvalue weighted by Gasteiger charge is 2.46. The van der Waals surface area contributed by atoms with Gasteiger partial charge in [-0.15, -0.1) is 0 Å². The van der Waals surface area contributed by atoms with Gasteiger partial charge in [0.1, 0.15) is 0 Å². The first-order valence-corrected chi connectivity index (χ1v) is 52.6. The van der Waals surface area contributed by atoms with E-state index >= 15 is 0 Å². The Morgan fingerprint density at radius 1 is 0.242 bits per heavy atom. The number of anilines is 10. The summed E-state index contributed by atoms with van der Waals surface area (Å²) in [6, 6.07) is 118. The van der Waals surface area contributed by atoms with E-state index in [0.717, 1.165) is 74.8 Å². The fourth-order valence-corrected chi connectivity index (χ4v) is 29.7. The molecular formula is C116H126Br4Cl2N4Si2.